The van der Waals surface area contributed by atoms with Gasteiger partial charge in [0.15, 0.2) is 0 Å². The second-order valence-electron chi connectivity index (χ2n) is 5.14. The van der Waals surface area contributed by atoms with Crippen molar-refractivity contribution in [2.45, 2.75) is 32.3 Å². The third kappa shape index (κ3) is 5.39. The Hall–Kier alpha value is -1.26. The molecule has 1 heterocycles. The Balaban J connectivity index is 1.56. The monoisotopic (exact) mass is 278 g/mol. The molecule has 1 saturated heterocycles. The topological polar surface area (TPSA) is 42.5 Å². The lowest BCUT2D eigenvalue weighted by molar-refractivity contribution is 0.110. The Bertz CT molecular complexity index is 361. The summed E-state index contributed by atoms with van der Waals surface area (Å²) in [5.41, 5.74) is 1.13. The van der Waals surface area contributed by atoms with Gasteiger partial charge in [-0.3, -0.25) is 0 Å². The standard InChI is InChI=1S/C16H26N2O2/c1-2-11-19-15-7-5-14(6-8-15)18-10-9-17-13-16-4-3-12-20-16/h5-8,16-18H,2-4,9-13H2,1H3. The third-order valence-electron chi connectivity index (χ3n) is 3.35. The van der Waals surface area contributed by atoms with Gasteiger partial charge in [-0.25, -0.2) is 0 Å². The molecule has 1 fully saturated rings. The molecule has 1 atom stereocenters. The van der Waals surface area contributed by atoms with E-state index >= 15 is 0 Å². The van der Waals surface area contributed by atoms with Crippen LogP contribution in [-0.2, 0) is 4.74 Å². The van der Waals surface area contributed by atoms with E-state index in [2.05, 4.69) is 29.7 Å². The minimum absolute atomic E-state index is 0.421. The van der Waals surface area contributed by atoms with Gasteiger partial charge in [0.2, 0.25) is 0 Å². The number of hydrogen-bond acceptors (Lipinski definition) is 4. The zero-order chi connectivity index (χ0) is 14.0. The molecule has 0 bridgehead atoms. The number of anilines is 1. The van der Waals surface area contributed by atoms with Crippen LogP contribution >= 0.6 is 0 Å². The maximum atomic E-state index is 5.57. The molecule has 1 aliphatic heterocycles. The summed E-state index contributed by atoms with van der Waals surface area (Å²) in [6.07, 6.45) is 3.86. The molecule has 0 radical (unpaired) electrons. The molecule has 2 rings (SSSR count). The van der Waals surface area contributed by atoms with Crippen molar-refractivity contribution >= 4 is 5.69 Å². The molecule has 4 heteroatoms. The summed E-state index contributed by atoms with van der Waals surface area (Å²) in [7, 11) is 0. The van der Waals surface area contributed by atoms with E-state index < -0.39 is 0 Å². The van der Waals surface area contributed by atoms with E-state index in [0.29, 0.717) is 6.10 Å². The molecule has 1 aliphatic rings. The zero-order valence-corrected chi connectivity index (χ0v) is 12.4. The molecule has 2 N–H and O–H groups in total. The fourth-order valence-corrected chi connectivity index (χ4v) is 2.25. The van der Waals surface area contributed by atoms with Crippen molar-refractivity contribution in [2.24, 2.45) is 0 Å². The third-order valence-corrected chi connectivity index (χ3v) is 3.35. The van der Waals surface area contributed by atoms with Crippen molar-refractivity contribution in [3.63, 3.8) is 0 Å². The van der Waals surface area contributed by atoms with Gasteiger partial charge in [0.05, 0.1) is 12.7 Å². The minimum Gasteiger partial charge on any atom is -0.494 e. The normalized spacial score (nSPS) is 18.1. The van der Waals surface area contributed by atoms with Gasteiger partial charge in [-0.2, -0.15) is 0 Å². The van der Waals surface area contributed by atoms with Crippen LogP contribution in [-0.4, -0.2) is 39.0 Å². The molecule has 4 nitrogen and oxygen atoms in total. The maximum Gasteiger partial charge on any atom is 0.119 e. The zero-order valence-electron chi connectivity index (χ0n) is 12.4. The summed E-state index contributed by atoms with van der Waals surface area (Å²) < 4.78 is 11.1. The van der Waals surface area contributed by atoms with Gasteiger partial charge in [-0.05, 0) is 43.5 Å². The average molecular weight is 278 g/mol. The molecule has 1 unspecified atom stereocenters. The van der Waals surface area contributed by atoms with E-state index in [-0.39, 0.29) is 0 Å². The van der Waals surface area contributed by atoms with Crippen molar-refractivity contribution in [2.75, 3.05) is 38.2 Å². The van der Waals surface area contributed by atoms with Crippen molar-refractivity contribution in [1.29, 1.82) is 0 Å². The quantitative estimate of drug-likeness (QED) is 0.682. The lowest BCUT2D eigenvalue weighted by atomic mass is 10.2. The van der Waals surface area contributed by atoms with E-state index in [1.807, 2.05) is 12.1 Å². The Kier molecular flexibility index (Phi) is 6.68. The lowest BCUT2D eigenvalue weighted by Gasteiger charge is -2.12. The van der Waals surface area contributed by atoms with Crippen LogP contribution in [0.1, 0.15) is 26.2 Å². The minimum atomic E-state index is 0.421. The van der Waals surface area contributed by atoms with E-state index in [1.165, 1.54) is 12.8 Å². The number of ether oxygens (including phenoxy) is 2. The smallest absolute Gasteiger partial charge is 0.119 e. The van der Waals surface area contributed by atoms with Crippen LogP contribution in [0, 0.1) is 0 Å². The summed E-state index contributed by atoms with van der Waals surface area (Å²) in [4.78, 5) is 0. The summed E-state index contributed by atoms with van der Waals surface area (Å²) >= 11 is 0. The van der Waals surface area contributed by atoms with Gasteiger partial charge in [0.1, 0.15) is 5.75 Å². The predicted octanol–water partition coefficient (Wildman–Crippen LogP) is 2.66. The van der Waals surface area contributed by atoms with E-state index in [9.17, 15) is 0 Å². The SMILES string of the molecule is CCCOc1ccc(NCCNCC2CCCO2)cc1. The van der Waals surface area contributed by atoms with Crippen LogP contribution in [0.2, 0.25) is 0 Å². The highest BCUT2D eigenvalue weighted by atomic mass is 16.5. The van der Waals surface area contributed by atoms with Crippen LogP contribution in [0.3, 0.4) is 0 Å². The van der Waals surface area contributed by atoms with Crippen molar-refractivity contribution in [3.05, 3.63) is 24.3 Å². The molecule has 0 aromatic heterocycles. The first kappa shape index (κ1) is 15.1. The van der Waals surface area contributed by atoms with Gasteiger partial charge in [-0.1, -0.05) is 6.92 Å². The van der Waals surface area contributed by atoms with Gasteiger partial charge in [0, 0.05) is 31.9 Å². The Morgan fingerprint density at radius 1 is 1.25 bits per heavy atom. The van der Waals surface area contributed by atoms with Gasteiger partial charge < -0.3 is 20.1 Å². The molecular weight excluding hydrogens is 252 g/mol. The van der Waals surface area contributed by atoms with Crippen LogP contribution < -0.4 is 15.4 Å². The molecule has 112 valence electrons. The first-order valence-corrected chi connectivity index (χ1v) is 7.67. The van der Waals surface area contributed by atoms with Gasteiger partial charge in [-0.15, -0.1) is 0 Å². The Morgan fingerprint density at radius 2 is 2.10 bits per heavy atom. The first-order chi connectivity index (χ1) is 9.88. The molecule has 1 aromatic carbocycles. The Labute approximate surface area is 121 Å². The number of rotatable bonds is 9. The average Bonchev–Trinajstić information content (AvgIpc) is 2.99. The fraction of sp³-hybridized carbons (Fsp3) is 0.625. The second kappa shape index (κ2) is 8.82. The van der Waals surface area contributed by atoms with E-state index in [1.54, 1.807) is 0 Å². The van der Waals surface area contributed by atoms with Gasteiger partial charge >= 0.3 is 0 Å². The van der Waals surface area contributed by atoms with Crippen LogP contribution in [0.5, 0.6) is 5.75 Å². The molecule has 0 amide bonds. The number of benzene rings is 1. The summed E-state index contributed by atoms with van der Waals surface area (Å²) in [6, 6.07) is 8.14. The largest absolute Gasteiger partial charge is 0.494 e. The molecule has 0 saturated carbocycles. The van der Waals surface area contributed by atoms with Crippen LogP contribution in [0.4, 0.5) is 5.69 Å². The fourth-order valence-electron chi connectivity index (χ4n) is 2.25. The van der Waals surface area contributed by atoms with E-state index in [0.717, 1.165) is 50.7 Å². The summed E-state index contributed by atoms with van der Waals surface area (Å²) in [5.74, 6) is 0.939. The lowest BCUT2D eigenvalue weighted by Crippen LogP contribution is -2.30. The van der Waals surface area contributed by atoms with Crippen LogP contribution in [0.25, 0.3) is 0 Å². The van der Waals surface area contributed by atoms with E-state index in [4.69, 9.17) is 9.47 Å². The first-order valence-electron chi connectivity index (χ1n) is 7.67. The molecule has 20 heavy (non-hydrogen) atoms. The van der Waals surface area contributed by atoms with Crippen molar-refractivity contribution in [1.82, 2.24) is 5.32 Å². The highest BCUT2D eigenvalue weighted by Gasteiger charge is 2.13. The molecule has 0 aliphatic carbocycles. The maximum absolute atomic E-state index is 5.57. The van der Waals surface area contributed by atoms with Crippen molar-refractivity contribution in [3.8, 4) is 5.75 Å². The van der Waals surface area contributed by atoms with Gasteiger partial charge in [0.25, 0.3) is 0 Å². The highest BCUT2D eigenvalue weighted by Crippen LogP contribution is 2.15. The molecular formula is C16H26N2O2. The van der Waals surface area contributed by atoms with Crippen LogP contribution in [0.15, 0.2) is 24.3 Å². The predicted molar refractivity (Wildman–Crippen MR) is 82.6 cm³/mol. The number of hydrogen-bond donors (Lipinski definition) is 2. The highest BCUT2D eigenvalue weighted by molar-refractivity contribution is 5.46. The Morgan fingerprint density at radius 3 is 2.80 bits per heavy atom. The summed E-state index contributed by atoms with van der Waals surface area (Å²) in [5, 5.41) is 6.82. The molecule has 0 spiro atoms. The number of nitrogens with one attached hydrogen (secondary N) is 2. The summed E-state index contributed by atoms with van der Waals surface area (Å²) in [6.45, 7) is 6.65. The molecule has 1 aromatic rings. The van der Waals surface area contributed by atoms with Crippen molar-refractivity contribution < 1.29 is 9.47 Å². The second-order valence-corrected chi connectivity index (χ2v) is 5.14.